The van der Waals surface area contributed by atoms with Crippen molar-refractivity contribution in [3.8, 4) is 5.75 Å². The number of amides is 1. The molecule has 0 radical (unpaired) electrons. The summed E-state index contributed by atoms with van der Waals surface area (Å²) in [6.45, 7) is 8.96. The molecule has 4 rings (SSSR count). The highest BCUT2D eigenvalue weighted by atomic mass is 32.1. The molecule has 25 heavy (non-hydrogen) atoms. The number of aryl methyl sites for hydroxylation is 2. The molecule has 132 valence electrons. The highest BCUT2D eigenvalue weighted by molar-refractivity contribution is 7.09. The number of ether oxygens (including phenoxy) is 1. The Hall–Kier alpha value is -1.88. The summed E-state index contributed by atoms with van der Waals surface area (Å²) in [4.78, 5) is 17.3. The van der Waals surface area contributed by atoms with Crippen LogP contribution in [0.5, 0.6) is 5.75 Å². The van der Waals surface area contributed by atoms with Gasteiger partial charge in [-0.1, -0.05) is 6.07 Å². The number of carbonyl (C=O) groups excluding carboxylic acids is 1. The van der Waals surface area contributed by atoms with Gasteiger partial charge < -0.3 is 10.1 Å². The van der Waals surface area contributed by atoms with E-state index in [4.69, 9.17) is 4.74 Å². The zero-order valence-electron chi connectivity index (χ0n) is 15.2. The van der Waals surface area contributed by atoms with Crippen molar-refractivity contribution in [1.29, 1.82) is 0 Å². The minimum Gasteiger partial charge on any atom is -0.493 e. The van der Waals surface area contributed by atoms with E-state index in [1.54, 1.807) is 17.5 Å². The lowest BCUT2D eigenvalue weighted by atomic mass is 9.85. The number of thiazole rings is 1. The highest BCUT2D eigenvalue weighted by Crippen LogP contribution is 2.61. The third-order valence-corrected chi connectivity index (χ3v) is 6.83. The van der Waals surface area contributed by atoms with Gasteiger partial charge in [-0.3, -0.25) is 4.79 Å². The number of fused-ring (bicyclic) bond motifs is 2. The Morgan fingerprint density at radius 2 is 2.12 bits per heavy atom. The van der Waals surface area contributed by atoms with Crippen LogP contribution in [-0.4, -0.2) is 17.5 Å². The van der Waals surface area contributed by atoms with Crippen LogP contribution in [0.4, 0.5) is 0 Å². The quantitative estimate of drug-likeness (QED) is 0.909. The summed E-state index contributed by atoms with van der Waals surface area (Å²) in [6.07, 6.45) is 3.61. The van der Waals surface area contributed by atoms with E-state index in [9.17, 15) is 4.79 Å². The third-order valence-electron chi connectivity index (χ3n) is 5.73. The van der Waals surface area contributed by atoms with Crippen molar-refractivity contribution >= 4 is 17.2 Å². The molecule has 2 heterocycles. The first-order valence-electron chi connectivity index (χ1n) is 8.80. The van der Waals surface area contributed by atoms with Crippen LogP contribution in [0.1, 0.15) is 48.4 Å². The lowest BCUT2D eigenvalue weighted by Gasteiger charge is -2.29. The van der Waals surface area contributed by atoms with Crippen LogP contribution < -0.4 is 10.1 Å². The number of benzene rings is 1. The summed E-state index contributed by atoms with van der Waals surface area (Å²) in [7, 11) is 0. The first-order valence-corrected chi connectivity index (χ1v) is 9.68. The zero-order valence-corrected chi connectivity index (χ0v) is 16.0. The molecule has 1 spiro atoms. The fourth-order valence-corrected chi connectivity index (χ4v) is 4.70. The standard InChI is InChI=1S/C20H24N2O2S/c1-12-9-14-16(10-13(12)2)24-7-5-20(14)11-15(20)17(23)22-19(3,4)18-21-6-8-25-18/h6,8-10,15H,5,7,11H2,1-4H3,(H,22,23)/t15-,20-/m0/s1. The Morgan fingerprint density at radius 1 is 1.36 bits per heavy atom. The summed E-state index contributed by atoms with van der Waals surface area (Å²) in [5.74, 6) is 1.12. The first kappa shape index (κ1) is 16.6. The molecule has 2 aliphatic rings. The molecule has 1 saturated carbocycles. The number of hydrogen-bond acceptors (Lipinski definition) is 4. The topological polar surface area (TPSA) is 51.2 Å². The first-order chi connectivity index (χ1) is 11.8. The molecule has 1 amide bonds. The van der Waals surface area contributed by atoms with Crippen molar-refractivity contribution in [2.24, 2.45) is 5.92 Å². The Balaban J connectivity index is 1.58. The molecule has 1 aliphatic carbocycles. The maximum atomic E-state index is 13.0. The van der Waals surface area contributed by atoms with Gasteiger partial charge in [-0.2, -0.15) is 0 Å². The van der Waals surface area contributed by atoms with Crippen LogP contribution in [0.2, 0.25) is 0 Å². The van der Waals surface area contributed by atoms with Crippen molar-refractivity contribution in [3.63, 3.8) is 0 Å². The van der Waals surface area contributed by atoms with Gasteiger partial charge in [0.25, 0.3) is 0 Å². The summed E-state index contributed by atoms with van der Waals surface area (Å²) in [5, 5.41) is 6.10. The van der Waals surface area contributed by atoms with E-state index >= 15 is 0 Å². The maximum Gasteiger partial charge on any atom is 0.224 e. The van der Waals surface area contributed by atoms with Crippen molar-refractivity contribution in [1.82, 2.24) is 10.3 Å². The SMILES string of the molecule is Cc1cc2c(cc1C)[C@]1(CCO2)C[C@H]1C(=O)NC(C)(C)c1nccs1. The van der Waals surface area contributed by atoms with Crippen LogP contribution in [0.25, 0.3) is 0 Å². The lowest BCUT2D eigenvalue weighted by Crippen LogP contribution is -2.43. The van der Waals surface area contributed by atoms with E-state index < -0.39 is 5.54 Å². The van der Waals surface area contributed by atoms with E-state index in [1.165, 1.54) is 16.7 Å². The van der Waals surface area contributed by atoms with Gasteiger partial charge in [0.1, 0.15) is 10.8 Å². The van der Waals surface area contributed by atoms with E-state index in [0.29, 0.717) is 6.61 Å². The number of nitrogens with zero attached hydrogens (tertiary/aromatic N) is 1. The summed E-state index contributed by atoms with van der Waals surface area (Å²) in [6, 6.07) is 4.35. The Labute approximate surface area is 152 Å². The maximum absolute atomic E-state index is 13.0. The van der Waals surface area contributed by atoms with Gasteiger partial charge >= 0.3 is 0 Å². The van der Waals surface area contributed by atoms with Crippen molar-refractivity contribution in [2.45, 2.75) is 51.5 Å². The van der Waals surface area contributed by atoms with Crippen molar-refractivity contribution < 1.29 is 9.53 Å². The molecule has 0 unspecified atom stereocenters. The number of aromatic nitrogens is 1. The predicted molar refractivity (Wildman–Crippen MR) is 99.1 cm³/mol. The van der Waals surface area contributed by atoms with E-state index in [1.807, 2.05) is 19.2 Å². The smallest absolute Gasteiger partial charge is 0.224 e. The second-order valence-electron chi connectivity index (χ2n) is 7.90. The van der Waals surface area contributed by atoms with Crippen LogP contribution in [-0.2, 0) is 15.7 Å². The number of rotatable bonds is 3. The summed E-state index contributed by atoms with van der Waals surface area (Å²) in [5.41, 5.74) is 3.23. The van der Waals surface area contributed by atoms with Gasteiger partial charge in [0, 0.05) is 28.5 Å². The van der Waals surface area contributed by atoms with E-state index in [2.05, 4.69) is 36.3 Å². The molecule has 1 aromatic carbocycles. The monoisotopic (exact) mass is 356 g/mol. The molecule has 5 heteroatoms. The predicted octanol–water partition coefficient (Wildman–Crippen LogP) is 3.85. The second-order valence-corrected chi connectivity index (χ2v) is 8.79. The molecule has 4 nitrogen and oxygen atoms in total. The normalized spacial score (nSPS) is 24.6. The number of hydrogen-bond donors (Lipinski definition) is 1. The molecule has 0 saturated heterocycles. The van der Waals surface area contributed by atoms with Crippen molar-refractivity contribution in [3.05, 3.63) is 45.4 Å². The van der Waals surface area contributed by atoms with Crippen LogP contribution in [0.15, 0.2) is 23.7 Å². The largest absolute Gasteiger partial charge is 0.493 e. The van der Waals surface area contributed by atoms with Gasteiger partial charge in [-0.25, -0.2) is 4.98 Å². The van der Waals surface area contributed by atoms with Gasteiger partial charge in [0.2, 0.25) is 5.91 Å². The van der Waals surface area contributed by atoms with Gasteiger partial charge in [0.15, 0.2) is 0 Å². The minimum absolute atomic E-state index is 0.0245. The number of nitrogens with one attached hydrogen (secondary N) is 1. The van der Waals surface area contributed by atoms with Gasteiger partial charge in [0.05, 0.1) is 12.1 Å². The molecular weight excluding hydrogens is 332 g/mol. The highest BCUT2D eigenvalue weighted by Gasteiger charge is 2.61. The molecule has 2 aromatic rings. The average molecular weight is 356 g/mol. The minimum atomic E-state index is -0.438. The molecule has 2 atom stereocenters. The Kier molecular flexibility index (Phi) is 3.69. The van der Waals surface area contributed by atoms with Gasteiger partial charge in [-0.15, -0.1) is 11.3 Å². The second kappa shape index (κ2) is 5.56. The molecule has 1 N–H and O–H groups in total. The fourth-order valence-electron chi connectivity index (χ4n) is 3.98. The number of carbonyl (C=O) groups is 1. The van der Waals surface area contributed by atoms with Gasteiger partial charge in [-0.05, 0) is 57.7 Å². The van der Waals surface area contributed by atoms with Crippen LogP contribution >= 0.6 is 11.3 Å². The fraction of sp³-hybridized carbons (Fsp3) is 0.500. The molecule has 1 aliphatic heterocycles. The van der Waals surface area contributed by atoms with E-state index in [0.717, 1.165) is 23.6 Å². The Bertz CT molecular complexity index is 828. The summed E-state index contributed by atoms with van der Waals surface area (Å²) >= 11 is 1.58. The van der Waals surface area contributed by atoms with Crippen LogP contribution in [0, 0.1) is 19.8 Å². The average Bonchev–Trinajstić information content (AvgIpc) is 3.00. The summed E-state index contributed by atoms with van der Waals surface area (Å²) < 4.78 is 5.88. The molecular formula is C20H24N2O2S. The van der Waals surface area contributed by atoms with Crippen LogP contribution in [0.3, 0.4) is 0 Å². The third kappa shape index (κ3) is 2.65. The molecule has 1 fully saturated rings. The lowest BCUT2D eigenvalue weighted by molar-refractivity contribution is -0.124. The molecule has 1 aromatic heterocycles. The Morgan fingerprint density at radius 3 is 2.84 bits per heavy atom. The van der Waals surface area contributed by atoms with Crippen molar-refractivity contribution in [2.75, 3.05) is 6.61 Å². The zero-order chi connectivity index (χ0) is 17.8. The van der Waals surface area contributed by atoms with E-state index in [-0.39, 0.29) is 17.2 Å². The molecule has 0 bridgehead atoms.